The number of carbonyl (C=O) groups excluding carboxylic acids is 2. The molecule has 0 bridgehead atoms. The number of hydrogen-bond acceptors (Lipinski definition) is 5. The molecule has 0 amide bonds. The lowest BCUT2D eigenvalue weighted by molar-refractivity contribution is -0.147. The van der Waals surface area contributed by atoms with Crippen molar-refractivity contribution in [1.82, 2.24) is 0 Å². The van der Waals surface area contributed by atoms with E-state index in [0.29, 0.717) is 30.1 Å². The monoisotopic (exact) mass is 267 g/mol. The van der Waals surface area contributed by atoms with Crippen LogP contribution in [0.2, 0.25) is 0 Å². The molecular formula is C14H21NO4. The van der Waals surface area contributed by atoms with Gasteiger partial charge in [-0.2, -0.15) is 0 Å². The standard InChI is InChI=1S/C14H21NO4/c1-6-18-13(16)11-8(3)12(14(17)19-7-2)10(5)15-9(11)4/h9,11H,6-7H2,1-5H3. The second-order valence-electron chi connectivity index (χ2n) is 4.46. The van der Waals surface area contributed by atoms with Crippen LogP contribution in [0, 0.1) is 5.92 Å². The average molecular weight is 267 g/mol. The number of ether oxygens (including phenoxy) is 2. The Morgan fingerprint density at radius 1 is 1.16 bits per heavy atom. The Hall–Kier alpha value is -1.65. The van der Waals surface area contributed by atoms with E-state index in [1.165, 1.54) is 0 Å². The molecule has 1 heterocycles. The summed E-state index contributed by atoms with van der Waals surface area (Å²) in [6, 6.07) is -0.225. The first-order valence-electron chi connectivity index (χ1n) is 6.53. The van der Waals surface area contributed by atoms with Crippen molar-refractivity contribution in [1.29, 1.82) is 0 Å². The Kier molecular flexibility index (Phi) is 5.27. The molecule has 1 aliphatic rings. The molecule has 0 fully saturated rings. The van der Waals surface area contributed by atoms with Crippen LogP contribution in [0.15, 0.2) is 16.1 Å². The van der Waals surface area contributed by atoms with Crippen molar-refractivity contribution in [3.8, 4) is 0 Å². The summed E-state index contributed by atoms with van der Waals surface area (Å²) in [5, 5.41) is 0. The van der Waals surface area contributed by atoms with Gasteiger partial charge in [0, 0.05) is 5.71 Å². The molecule has 0 saturated heterocycles. The van der Waals surface area contributed by atoms with E-state index in [1.54, 1.807) is 27.7 Å². The van der Waals surface area contributed by atoms with Crippen molar-refractivity contribution in [2.75, 3.05) is 13.2 Å². The summed E-state index contributed by atoms with van der Waals surface area (Å²) < 4.78 is 10.1. The van der Waals surface area contributed by atoms with Gasteiger partial charge in [0.05, 0.1) is 24.8 Å². The van der Waals surface area contributed by atoms with Crippen molar-refractivity contribution in [3.05, 3.63) is 11.1 Å². The SMILES string of the molecule is CCOC(=O)C1=C(C)C(C(=O)OCC)C(C)N=C1C. The van der Waals surface area contributed by atoms with Crippen molar-refractivity contribution in [2.45, 2.75) is 40.7 Å². The molecule has 0 spiro atoms. The van der Waals surface area contributed by atoms with Gasteiger partial charge < -0.3 is 9.47 Å². The predicted molar refractivity (Wildman–Crippen MR) is 72.0 cm³/mol. The Balaban J connectivity index is 3.14. The molecule has 2 unspecified atom stereocenters. The first kappa shape index (κ1) is 15.4. The summed E-state index contributed by atoms with van der Waals surface area (Å²) in [5.74, 6) is -1.28. The number of hydrogen-bond donors (Lipinski definition) is 0. The minimum absolute atomic E-state index is 0.225. The molecule has 0 aromatic carbocycles. The van der Waals surface area contributed by atoms with Crippen LogP contribution in [-0.2, 0) is 19.1 Å². The second-order valence-corrected chi connectivity index (χ2v) is 4.46. The van der Waals surface area contributed by atoms with Crippen LogP contribution < -0.4 is 0 Å². The molecule has 5 heteroatoms. The summed E-state index contributed by atoms with van der Waals surface area (Å²) in [7, 11) is 0. The van der Waals surface area contributed by atoms with Crippen LogP contribution >= 0.6 is 0 Å². The topological polar surface area (TPSA) is 65.0 Å². The normalized spacial score (nSPS) is 22.9. The van der Waals surface area contributed by atoms with Gasteiger partial charge in [-0.15, -0.1) is 0 Å². The molecule has 0 aromatic rings. The van der Waals surface area contributed by atoms with E-state index in [2.05, 4.69) is 4.99 Å². The van der Waals surface area contributed by atoms with Gasteiger partial charge in [-0.05, 0) is 40.2 Å². The van der Waals surface area contributed by atoms with Crippen LogP contribution in [0.1, 0.15) is 34.6 Å². The minimum atomic E-state index is -0.511. The highest BCUT2D eigenvalue weighted by Gasteiger charge is 2.36. The maximum Gasteiger partial charge on any atom is 0.339 e. The van der Waals surface area contributed by atoms with Gasteiger partial charge in [0.1, 0.15) is 5.92 Å². The summed E-state index contributed by atoms with van der Waals surface area (Å²) in [6.45, 7) is 9.47. The molecule has 2 atom stereocenters. The summed E-state index contributed by atoms with van der Waals surface area (Å²) in [6.07, 6.45) is 0. The van der Waals surface area contributed by atoms with E-state index in [9.17, 15) is 9.59 Å². The molecule has 1 rings (SSSR count). The van der Waals surface area contributed by atoms with Crippen LogP contribution in [0.4, 0.5) is 0 Å². The van der Waals surface area contributed by atoms with E-state index in [4.69, 9.17) is 9.47 Å². The largest absolute Gasteiger partial charge is 0.465 e. The Bertz CT molecular complexity index is 437. The maximum atomic E-state index is 12.0. The van der Waals surface area contributed by atoms with E-state index in [0.717, 1.165) is 0 Å². The van der Waals surface area contributed by atoms with E-state index >= 15 is 0 Å². The van der Waals surface area contributed by atoms with E-state index in [1.807, 2.05) is 6.92 Å². The number of dihydropyridines is 1. The molecular weight excluding hydrogens is 246 g/mol. The van der Waals surface area contributed by atoms with Gasteiger partial charge in [-0.3, -0.25) is 9.79 Å². The van der Waals surface area contributed by atoms with Crippen LogP contribution in [0.5, 0.6) is 0 Å². The highest BCUT2D eigenvalue weighted by Crippen LogP contribution is 2.29. The maximum absolute atomic E-state index is 12.0. The molecule has 0 N–H and O–H groups in total. The Labute approximate surface area is 113 Å². The number of carbonyl (C=O) groups is 2. The zero-order valence-electron chi connectivity index (χ0n) is 12.1. The van der Waals surface area contributed by atoms with Crippen LogP contribution in [-0.4, -0.2) is 36.9 Å². The summed E-state index contributed by atoms with van der Waals surface area (Å²) >= 11 is 0. The van der Waals surface area contributed by atoms with Crippen molar-refractivity contribution in [3.63, 3.8) is 0 Å². The minimum Gasteiger partial charge on any atom is -0.465 e. The quantitative estimate of drug-likeness (QED) is 0.730. The van der Waals surface area contributed by atoms with E-state index < -0.39 is 11.9 Å². The van der Waals surface area contributed by atoms with Crippen molar-refractivity contribution < 1.29 is 19.1 Å². The third-order valence-corrected chi connectivity index (χ3v) is 3.12. The van der Waals surface area contributed by atoms with Gasteiger partial charge in [-0.1, -0.05) is 0 Å². The predicted octanol–water partition coefficient (Wildman–Crippen LogP) is 1.91. The first-order valence-corrected chi connectivity index (χ1v) is 6.53. The lowest BCUT2D eigenvalue weighted by Gasteiger charge is -2.27. The zero-order chi connectivity index (χ0) is 14.6. The van der Waals surface area contributed by atoms with Crippen LogP contribution in [0.3, 0.4) is 0 Å². The molecule has 1 aliphatic heterocycles. The van der Waals surface area contributed by atoms with Gasteiger partial charge >= 0.3 is 11.9 Å². The Morgan fingerprint density at radius 2 is 1.74 bits per heavy atom. The number of nitrogens with zero attached hydrogens (tertiary/aromatic N) is 1. The summed E-state index contributed by atoms with van der Waals surface area (Å²) in [4.78, 5) is 28.3. The average Bonchev–Trinajstić information content (AvgIpc) is 2.28. The third-order valence-electron chi connectivity index (χ3n) is 3.12. The summed E-state index contributed by atoms with van der Waals surface area (Å²) in [5.41, 5.74) is 1.69. The smallest absolute Gasteiger partial charge is 0.339 e. The zero-order valence-corrected chi connectivity index (χ0v) is 12.1. The second kappa shape index (κ2) is 6.50. The van der Waals surface area contributed by atoms with Gasteiger partial charge in [0.15, 0.2) is 0 Å². The Morgan fingerprint density at radius 3 is 2.26 bits per heavy atom. The highest BCUT2D eigenvalue weighted by atomic mass is 16.5. The van der Waals surface area contributed by atoms with E-state index in [-0.39, 0.29) is 12.0 Å². The molecule has 0 aromatic heterocycles. The molecule has 0 radical (unpaired) electrons. The molecule has 0 saturated carbocycles. The van der Waals surface area contributed by atoms with Gasteiger partial charge in [-0.25, -0.2) is 4.79 Å². The van der Waals surface area contributed by atoms with Crippen LogP contribution in [0.25, 0.3) is 0 Å². The van der Waals surface area contributed by atoms with Crippen molar-refractivity contribution in [2.24, 2.45) is 10.9 Å². The molecule has 0 aliphatic carbocycles. The lowest BCUT2D eigenvalue weighted by atomic mass is 9.85. The molecule has 106 valence electrons. The number of rotatable bonds is 4. The molecule has 5 nitrogen and oxygen atoms in total. The number of esters is 2. The molecule has 19 heavy (non-hydrogen) atoms. The number of aliphatic imine (C=N–C) groups is 1. The first-order chi connectivity index (χ1) is 8.93. The highest BCUT2D eigenvalue weighted by molar-refractivity contribution is 6.20. The van der Waals surface area contributed by atoms with Gasteiger partial charge in [0.25, 0.3) is 0 Å². The third kappa shape index (κ3) is 3.22. The van der Waals surface area contributed by atoms with Crippen molar-refractivity contribution >= 4 is 17.7 Å². The van der Waals surface area contributed by atoms with Gasteiger partial charge in [0.2, 0.25) is 0 Å². The fourth-order valence-corrected chi connectivity index (χ4v) is 2.36. The lowest BCUT2D eigenvalue weighted by Crippen LogP contribution is -2.35. The fourth-order valence-electron chi connectivity index (χ4n) is 2.36. The fraction of sp³-hybridized carbons (Fsp3) is 0.643.